The molecule has 0 atom stereocenters. The van der Waals surface area contributed by atoms with E-state index in [9.17, 15) is 0 Å². The molecular weight excluding hydrogens is 511 g/mol. The lowest BCUT2D eigenvalue weighted by Crippen LogP contribution is -2.21. The van der Waals surface area contributed by atoms with E-state index < -0.39 is 0 Å². The first-order chi connectivity index (χ1) is 17.4. The molecule has 4 aromatic carbocycles. The molecule has 0 saturated heterocycles. The Morgan fingerprint density at radius 1 is 0.806 bits per heavy atom. The Labute approximate surface area is 225 Å². The van der Waals surface area contributed by atoms with Crippen molar-refractivity contribution in [1.29, 1.82) is 0 Å². The van der Waals surface area contributed by atoms with Crippen LogP contribution in [0.2, 0.25) is 15.1 Å². The van der Waals surface area contributed by atoms with E-state index in [1.54, 1.807) is 0 Å². The van der Waals surface area contributed by atoms with Crippen molar-refractivity contribution < 1.29 is 0 Å². The van der Waals surface area contributed by atoms with Crippen molar-refractivity contribution in [2.24, 2.45) is 0 Å². The van der Waals surface area contributed by atoms with Gasteiger partial charge in [-0.2, -0.15) is 0 Å². The van der Waals surface area contributed by atoms with Gasteiger partial charge in [-0.1, -0.05) is 59.1 Å². The van der Waals surface area contributed by atoms with Crippen molar-refractivity contribution in [3.8, 4) is 0 Å². The van der Waals surface area contributed by atoms with Gasteiger partial charge in [-0.3, -0.25) is 0 Å². The number of hydrogen-bond acceptors (Lipinski definition) is 3. The largest absolute Gasteiger partial charge is 0.372 e. The van der Waals surface area contributed by atoms with Gasteiger partial charge in [0.1, 0.15) is 0 Å². The zero-order chi connectivity index (χ0) is 25.2. The van der Waals surface area contributed by atoms with Crippen molar-refractivity contribution in [3.63, 3.8) is 0 Å². The van der Waals surface area contributed by atoms with Gasteiger partial charge in [0.25, 0.3) is 0 Å². The SMILES string of the molecule is C=C(NCCc1cc(Nc2ccc(Cl)cc2)cc2c1[nH]c1cc(Cl)c(Cl)cc12)Nc1ccc(C)cc1. The standard InChI is InChI=1S/C29H25Cl3N4/c1-17-3-7-21(8-4-17)34-18(2)33-12-11-19-13-23(35-22-9-5-20(30)6-10-22)14-25-24-15-26(31)27(32)16-28(24)36-29(19)25/h3-10,13-16,33-36H,2,11-12H2,1H3. The van der Waals surface area contributed by atoms with E-state index in [0.717, 1.165) is 56.7 Å². The lowest BCUT2D eigenvalue weighted by atomic mass is 10.0. The maximum Gasteiger partial charge on any atom is 0.0957 e. The van der Waals surface area contributed by atoms with Crippen LogP contribution in [0.3, 0.4) is 0 Å². The number of nitrogens with one attached hydrogen (secondary N) is 4. The number of H-pyrrole nitrogens is 1. The number of fused-ring (bicyclic) bond motifs is 3. The van der Waals surface area contributed by atoms with E-state index in [4.69, 9.17) is 34.8 Å². The first kappa shape index (κ1) is 24.4. The van der Waals surface area contributed by atoms with Gasteiger partial charge in [-0.15, -0.1) is 0 Å². The van der Waals surface area contributed by atoms with E-state index in [0.29, 0.717) is 21.6 Å². The predicted molar refractivity (Wildman–Crippen MR) is 156 cm³/mol. The molecule has 4 nitrogen and oxygen atoms in total. The molecule has 1 heterocycles. The second-order valence-electron chi connectivity index (χ2n) is 8.77. The molecule has 0 fully saturated rings. The number of halogens is 3. The molecule has 0 aliphatic rings. The number of anilines is 3. The van der Waals surface area contributed by atoms with Crippen LogP contribution in [0.5, 0.6) is 0 Å². The van der Waals surface area contributed by atoms with Gasteiger partial charge in [-0.05, 0) is 79.6 Å². The number of aryl methyl sites for hydroxylation is 1. The van der Waals surface area contributed by atoms with Crippen molar-refractivity contribution in [2.75, 3.05) is 17.2 Å². The summed E-state index contributed by atoms with van der Waals surface area (Å²) in [5, 5.41) is 14.1. The Kier molecular flexibility index (Phi) is 7.01. The molecular formula is C29H25Cl3N4. The molecule has 182 valence electrons. The monoisotopic (exact) mass is 534 g/mol. The normalized spacial score (nSPS) is 11.1. The Bertz CT molecular complexity index is 1550. The summed E-state index contributed by atoms with van der Waals surface area (Å²) in [5.41, 5.74) is 7.31. The van der Waals surface area contributed by atoms with Gasteiger partial charge in [0.2, 0.25) is 0 Å². The van der Waals surface area contributed by atoms with E-state index in [1.807, 2.05) is 48.5 Å². The molecule has 5 rings (SSSR count). The minimum absolute atomic E-state index is 0.525. The molecule has 0 aliphatic heterocycles. The maximum absolute atomic E-state index is 6.36. The Morgan fingerprint density at radius 2 is 1.50 bits per heavy atom. The average molecular weight is 536 g/mol. The van der Waals surface area contributed by atoms with Crippen LogP contribution in [0.4, 0.5) is 17.1 Å². The Hall–Kier alpha value is -3.31. The fourth-order valence-corrected chi connectivity index (χ4v) is 4.70. The lowest BCUT2D eigenvalue weighted by molar-refractivity contribution is 0.797. The number of aromatic amines is 1. The number of hydrogen-bond donors (Lipinski definition) is 4. The fraction of sp³-hybridized carbons (Fsp3) is 0.103. The topological polar surface area (TPSA) is 51.9 Å². The van der Waals surface area contributed by atoms with Gasteiger partial charge < -0.3 is 20.9 Å². The van der Waals surface area contributed by atoms with Crippen LogP contribution >= 0.6 is 34.8 Å². The zero-order valence-corrected chi connectivity index (χ0v) is 22.0. The number of rotatable bonds is 8. The van der Waals surface area contributed by atoms with Crippen LogP contribution in [0, 0.1) is 6.92 Å². The summed E-state index contributed by atoms with van der Waals surface area (Å²) in [7, 11) is 0. The second-order valence-corrected chi connectivity index (χ2v) is 10.0. The van der Waals surface area contributed by atoms with E-state index in [2.05, 4.69) is 58.7 Å². The van der Waals surface area contributed by atoms with Crippen molar-refractivity contribution in [2.45, 2.75) is 13.3 Å². The highest BCUT2D eigenvalue weighted by molar-refractivity contribution is 6.43. The first-order valence-electron chi connectivity index (χ1n) is 11.6. The summed E-state index contributed by atoms with van der Waals surface area (Å²) in [6.45, 7) is 6.89. The molecule has 0 aliphatic carbocycles. The summed E-state index contributed by atoms with van der Waals surface area (Å²) in [6.07, 6.45) is 0.773. The van der Waals surface area contributed by atoms with Crippen molar-refractivity contribution in [1.82, 2.24) is 10.3 Å². The zero-order valence-electron chi connectivity index (χ0n) is 19.7. The minimum atomic E-state index is 0.525. The highest BCUT2D eigenvalue weighted by Gasteiger charge is 2.13. The fourth-order valence-electron chi connectivity index (χ4n) is 4.24. The molecule has 0 bridgehead atoms. The molecule has 0 unspecified atom stereocenters. The van der Waals surface area contributed by atoms with Gasteiger partial charge in [0.05, 0.1) is 15.9 Å². The van der Waals surface area contributed by atoms with Gasteiger partial charge in [-0.25, -0.2) is 0 Å². The summed E-state index contributed by atoms with van der Waals surface area (Å²) < 4.78 is 0. The molecule has 0 amide bonds. The lowest BCUT2D eigenvalue weighted by Gasteiger charge is -2.14. The van der Waals surface area contributed by atoms with Gasteiger partial charge in [0.15, 0.2) is 0 Å². The van der Waals surface area contributed by atoms with Crippen LogP contribution in [0.15, 0.2) is 85.2 Å². The minimum Gasteiger partial charge on any atom is -0.372 e. The van der Waals surface area contributed by atoms with Gasteiger partial charge >= 0.3 is 0 Å². The molecule has 36 heavy (non-hydrogen) atoms. The molecule has 1 aromatic heterocycles. The summed E-state index contributed by atoms with van der Waals surface area (Å²) >= 11 is 18.7. The third-order valence-corrected chi connectivity index (χ3v) is 7.02. The highest BCUT2D eigenvalue weighted by Crippen LogP contribution is 2.36. The summed E-state index contributed by atoms with van der Waals surface area (Å²) in [5.74, 6) is 0.751. The van der Waals surface area contributed by atoms with E-state index in [1.165, 1.54) is 5.56 Å². The predicted octanol–water partition coefficient (Wildman–Crippen LogP) is 9.05. The molecule has 0 radical (unpaired) electrons. The van der Waals surface area contributed by atoms with Crippen LogP contribution in [0.25, 0.3) is 21.8 Å². The third-order valence-electron chi connectivity index (χ3n) is 6.04. The molecule has 0 saturated carbocycles. The summed E-state index contributed by atoms with van der Waals surface area (Å²) in [4.78, 5) is 3.54. The second kappa shape index (κ2) is 10.4. The smallest absolute Gasteiger partial charge is 0.0957 e. The highest BCUT2D eigenvalue weighted by atomic mass is 35.5. The Balaban J connectivity index is 1.42. The average Bonchev–Trinajstić information content (AvgIpc) is 3.20. The van der Waals surface area contributed by atoms with Crippen molar-refractivity contribution in [3.05, 3.63) is 111 Å². The number of benzene rings is 4. The molecule has 5 aromatic rings. The Morgan fingerprint density at radius 3 is 2.25 bits per heavy atom. The van der Waals surface area contributed by atoms with Crippen LogP contribution < -0.4 is 16.0 Å². The van der Waals surface area contributed by atoms with Crippen LogP contribution in [-0.4, -0.2) is 11.5 Å². The first-order valence-corrected chi connectivity index (χ1v) is 12.7. The van der Waals surface area contributed by atoms with Crippen molar-refractivity contribution >= 4 is 73.7 Å². The van der Waals surface area contributed by atoms with Gasteiger partial charge in [0, 0.05) is 50.4 Å². The third kappa shape index (κ3) is 5.41. The van der Waals surface area contributed by atoms with Crippen LogP contribution in [0.1, 0.15) is 11.1 Å². The van der Waals surface area contributed by atoms with E-state index >= 15 is 0 Å². The van der Waals surface area contributed by atoms with Crippen LogP contribution in [-0.2, 0) is 6.42 Å². The summed E-state index contributed by atoms with van der Waals surface area (Å²) in [6, 6.07) is 24.0. The molecule has 0 spiro atoms. The quantitative estimate of drug-likeness (QED) is 0.160. The molecule has 7 heteroatoms. The molecule has 4 N–H and O–H groups in total. The maximum atomic E-state index is 6.36. The number of aromatic nitrogens is 1. The van der Waals surface area contributed by atoms with E-state index in [-0.39, 0.29) is 0 Å².